The summed E-state index contributed by atoms with van der Waals surface area (Å²) < 4.78 is 0. The molecule has 2 aliphatic carbocycles. The molecule has 3 fully saturated rings. The molecule has 0 bridgehead atoms. The molecule has 0 aromatic heterocycles. The van der Waals surface area contributed by atoms with Crippen molar-refractivity contribution in [1.82, 2.24) is 0 Å². The van der Waals surface area contributed by atoms with Gasteiger partial charge < -0.3 is 0 Å². The summed E-state index contributed by atoms with van der Waals surface area (Å²) in [5, 5.41) is 2.72. The first kappa shape index (κ1) is 13.7. The second kappa shape index (κ2) is 4.91. The monoisotopic (exact) mass is 284 g/mol. The highest BCUT2D eigenvalue weighted by atomic mass is 32.2. The smallest absolute Gasteiger partial charge is 0.0201 e. The molecule has 3 aliphatic rings. The molecule has 6 unspecified atom stereocenters. The average molecular weight is 285 g/mol. The fourth-order valence-corrected chi connectivity index (χ4v) is 6.36. The molecule has 0 radical (unpaired) electrons. The van der Waals surface area contributed by atoms with Crippen LogP contribution in [0.3, 0.4) is 0 Å². The van der Waals surface area contributed by atoms with Crippen molar-refractivity contribution >= 4 is 24.4 Å². The number of thiol groups is 1. The summed E-state index contributed by atoms with van der Waals surface area (Å²) in [5.74, 6) is 2.86. The van der Waals surface area contributed by atoms with Crippen LogP contribution >= 0.6 is 24.4 Å². The zero-order chi connectivity index (χ0) is 12.9. The molecule has 0 aromatic rings. The zero-order valence-corrected chi connectivity index (χ0v) is 13.8. The molecule has 1 heterocycles. The molecule has 0 spiro atoms. The fraction of sp³-hybridized carbons (Fsp3) is 1.00. The molecule has 6 atom stereocenters. The summed E-state index contributed by atoms with van der Waals surface area (Å²) in [5.41, 5.74) is 0.507. The zero-order valence-electron chi connectivity index (χ0n) is 12.1. The number of hydrogen-bond acceptors (Lipinski definition) is 2. The highest BCUT2D eigenvalue weighted by Gasteiger charge is 2.54. The Hall–Kier alpha value is 0.700. The van der Waals surface area contributed by atoms with E-state index in [4.69, 9.17) is 12.6 Å². The van der Waals surface area contributed by atoms with Gasteiger partial charge in [0.15, 0.2) is 0 Å². The molecule has 2 heteroatoms. The molecule has 1 aliphatic heterocycles. The minimum atomic E-state index is 0.507. The second-order valence-electron chi connectivity index (χ2n) is 7.85. The van der Waals surface area contributed by atoms with E-state index >= 15 is 0 Å². The van der Waals surface area contributed by atoms with Crippen LogP contribution in [0.2, 0.25) is 0 Å². The molecular weight excluding hydrogens is 256 g/mol. The van der Waals surface area contributed by atoms with Gasteiger partial charge in [-0.15, -0.1) is 0 Å². The third-order valence-electron chi connectivity index (χ3n) is 5.67. The second-order valence-corrected chi connectivity index (χ2v) is 9.94. The van der Waals surface area contributed by atoms with Crippen LogP contribution in [0.25, 0.3) is 0 Å². The molecular formula is C16H28S2. The van der Waals surface area contributed by atoms with Gasteiger partial charge in [0.25, 0.3) is 0 Å². The fourth-order valence-electron chi connectivity index (χ4n) is 4.33. The quantitative estimate of drug-likeness (QED) is 0.520. The van der Waals surface area contributed by atoms with E-state index in [1.165, 1.54) is 38.5 Å². The van der Waals surface area contributed by atoms with Gasteiger partial charge >= 0.3 is 0 Å². The van der Waals surface area contributed by atoms with Gasteiger partial charge in [0, 0.05) is 15.7 Å². The summed E-state index contributed by atoms with van der Waals surface area (Å²) >= 11 is 7.21. The maximum atomic E-state index is 4.92. The normalized spacial score (nSPS) is 48.7. The predicted octanol–water partition coefficient (Wildman–Crippen LogP) is 5.03. The Morgan fingerprint density at radius 1 is 1.00 bits per heavy atom. The van der Waals surface area contributed by atoms with Crippen LogP contribution < -0.4 is 0 Å². The van der Waals surface area contributed by atoms with Crippen molar-refractivity contribution in [2.45, 2.75) is 75.0 Å². The van der Waals surface area contributed by atoms with Crippen LogP contribution in [-0.4, -0.2) is 15.7 Å². The maximum Gasteiger partial charge on any atom is 0.0201 e. The standard InChI is InChI=1S/C16H28S2/c1-16(2,3)10-8-12(15-14(9-10)18-15)11-6-4-5-7-13(11)17/h10-15,17H,4-9H2,1-3H3. The largest absolute Gasteiger partial charge is 0.176 e. The first-order chi connectivity index (χ1) is 8.47. The third-order valence-corrected chi connectivity index (χ3v) is 7.83. The molecule has 0 amide bonds. The summed E-state index contributed by atoms with van der Waals surface area (Å²) in [6, 6.07) is 0. The first-order valence-electron chi connectivity index (χ1n) is 7.80. The molecule has 104 valence electrons. The number of hydrogen-bond donors (Lipinski definition) is 1. The minimum absolute atomic E-state index is 0.507. The van der Waals surface area contributed by atoms with E-state index in [-0.39, 0.29) is 0 Å². The lowest BCUT2D eigenvalue weighted by Crippen LogP contribution is -2.38. The Bertz CT molecular complexity index is 307. The number of thioether (sulfide) groups is 1. The van der Waals surface area contributed by atoms with E-state index in [0.29, 0.717) is 10.7 Å². The molecule has 1 saturated heterocycles. The van der Waals surface area contributed by atoms with Crippen molar-refractivity contribution in [1.29, 1.82) is 0 Å². The summed E-state index contributed by atoms with van der Waals surface area (Å²) in [7, 11) is 0. The highest BCUT2D eigenvalue weighted by Crippen LogP contribution is 2.61. The van der Waals surface area contributed by atoms with Crippen molar-refractivity contribution in [2.75, 3.05) is 0 Å². The lowest BCUT2D eigenvalue weighted by atomic mass is 9.64. The van der Waals surface area contributed by atoms with Gasteiger partial charge in [0.05, 0.1) is 0 Å². The van der Waals surface area contributed by atoms with E-state index in [1.54, 1.807) is 0 Å². The Morgan fingerprint density at radius 3 is 2.39 bits per heavy atom. The lowest BCUT2D eigenvalue weighted by Gasteiger charge is -2.42. The topological polar surface area (TPSA) is 0 Å². The van der Waals surface area contributed by atoms with Gasteiger partial charge in [-0.05, 0) is 48.9 Å². The Balaban J connectivity index is 1.71. The van der Waals surface area contributed by atoms with E-state index in [0.717, 1.165) is 28.3 Å². The summed E-state index contributed by atoms with van der Waals surface area (Å²) in [4.78, 5) is 0. The molecule has 0 nitrogen and oxygen atoms in total. The third kappa shape index (κ3) is 2.61. The highest BCUT2D eigenvalue weighted by molar-refractivity contribution is 8.07. The Kier molecular flexibility index (Phi) is 3.73. The average Bonchev–Trinajstić information content (AvgIpc) is 3.06. The molecule has 0 aromatic carbocycles. The van der Waals surface area contributed by atoms with Crippen LogP contribution in [0, 0.1) is 23.2 Å². The number of fused-ring (bicyclic) bond motifs is 1. The van der Waals surface area contributed by atoms with Crippen LogP contribution in [-0.2, 0) is 0 Å². The van der Waals surface area contributed by atoms with Crippen LogP contribution in [0.15, 0.2) is 0 Å². The predicted molar refractivity (Wildman–Crippen MR) is 85.6 cm³/mol. The molecule has 3 rings (SSSR count). The van der Waals surface area contributed by atoms with Crippen molar-refractivity contribution < 1.29 is 0 Å². The lowest BCUT2D eigenvalue weighted by molar-refractivity contribution is 0.119. The molecule has 18 heavy (non-hydrogen) atoms. The SMILES string of the molecule is CC(C)(C)C1CC2SC2C(C2CCCCC2S)C1. The van der Waals surface area contributed by atoms with Gasteiger partial charge in [-0.25, -0.2) is 0 Å². The van der Waals surface area contributed by atoms with E-state index < -0.39 is 0 Å². The van der Waals surface area contributed by atoms with Crippen LogP contribution in [0.5, 0.6) is 0 Å². The van der Waals surface area contributed by atoms with Crippen molar-refractivity contribution in [2.24, 2.45) is 23.2 Å². The Labute approximate surface area is 122 Å². The Morgan fingerprint density at radius 2 is 1.72 bits per heavy atom. The molecule has 0 N–H and O–H groups in total. The molecule has 2 saturated carbocycles. The van der Waals surface area contributed by atoms with Gasteiger partial charge in [0.2, 0.25) is 0 Å². The summed E-state index contributed by atoms with van der Waals surface area (Å²) in [6.45, 7) is 7.34. The van der Waals surface area contributed by atoms with Crippen molar-refractivity contribution in [3.05, 3.63) is 0 Å². The van der Waals surface area contributed by atoms with Gasteiger partial charge in [0.1, 0.15) is 0 Å². The van der Waals surface area contributed by atoms with Gasteiger partial charge in [-0.3, -0.25) is 0 Å². The van der Waals surface area contributed by atoms with E-state index in [9.17, 15) is 0 Å². The van der Waals surface area contributed by atoms with E-state index in [1.807, 2.05) is 0 Å². The van der Waals surface area contributed by atoms with Crippen LogP contribution in [0.4, 0.5) is 0 Å². The maximum absolute atomic E-state index is 4.92. The van der Waals surface area contributed by atoms with Crippen molar-refractivity contribution in [3.63, 3.8) is 0 Å². The van der Waals surface area contributed by atoms with Gasteiger partial charge in [-0.1, -0.05) is 33.6 Å². The first-order valence-corrected chi connectivity index (χ1v) is 9.26. The van der Waals surface area contributed by atoms with E-state index in [2.05, 4.69) is 32.5 Å². The van der Waals surface area contributed by atoms with Crippen LogP contribution in [0.1, 0.15) is 59.3 Å². The summed E-state index contributed by atoms with van der Waals surface area (Å²) in [6.07, 6.45) is 8.67. The van der Waals surface area contributed by atoms with Gasteiger partial charge in [-0.2, -0.15) is 24.4 Å². The van der Waals surface area contributed by atoms with Crippen molar-refractivity contribution in [3.8, 4) is 0 Å². The number of rotatable bonds is 1. The minimum Gasteiger partial charge on any atom is -0.176 e.